The van der Waals surface area contributed by atoms with E-state index >= 15 is 0 Å². The van der Waals surface area contributed by atoms with Crippen LogP contribution < -0.4 is 5.32 Å². The maximum absolute atomic E-state index is 13.1. The molecule has 0 bridgehead atoms. The highest BCUT2D eigenvalue weighted by molar-refractivity contribution is 5.93. The van der Waals surface area contributed by atoms with Gasteiger partial charge in [0.15, 0.2) is 11.5 Å². The van der Waals surface area contributed by atoms with Gasteiger partial charge in [-0.1, -0.05) is 30.7 Å². The molecule has 1 aliphatic heterocycles. The fourth-order valence-corrected chi connectivity index (χ4v) is 5.38. The van der Waals surface area contributed by atoms with Crippen LogP contribution in [0.25, 0.3) is 27.9 Å². The fraction of sp³-hybridized carbons (Fsp3) is 0.345. The summed E-state index contributed by atoms with van der Waals surface area (Å²) in [4.78, 5) is 17.9. The SMILES string of the molecule is Cc1ccc(-c2nnc3n2CCCCC3)cc1NC(=O)CCc1c(C)nc2c3ccccc3nn2c1C. The standard InChI is InChI=1S/C29H31N7O/c1-18-12-13-21(28-33-32-26-11-5-4-8-16-35(26)28)17-25(18)31-27(37)15-14-22-19(2)30-29-23-9-6-7-10-24(23)34-36(29)20(22)3/h6-7,9-10,12-13,17H,4-5,8,11,14-16H2,1-3H3,(H,31,37). The number of amides is 1. The Hall–Kier alpha value is -4.07. The van der Waals surface area contributed by atoms with Gasteiger partial charge in [0, 0.05) is 47.4 Å². The fourth-order valence-electron chi connectivity index (χ4n) is 5.38. The first-order valence-corrected chi connectivity index (χ1v) is 13.1. The third-order valence-corrected chi connectivity index (χ3v) is 7.50. The molecule has 5 aromatic rings. The van der Waals surface area contributed by atoms with Crippen LogP contribution in [-0.4, -0.2) is 35.3 Å². The number of hydrogen-bond acceptors (Lipinski definition) is 5. The lowest BCUT2D eigenvalue weighted by Crippen LogP contribution is -2.15. The van der Waals surface area contributed by atoms with Crippen LogP contribution in [0.5, 0.6) is 0 Å². The Morgan fingerprint density at radius 3 is 2.78 bits per heavy atom. The molecule has 0 atom stereocenters. The van der Waals surface area contributed by atoms with Gasteiger partial charge in [0.25, 0.3) is 0 Å². The van der Waals surface area contributed by atoms with Gasteiger partial charge in [-0.2, -0.15) is 5.10 Å². The highest BCUT2D eigenvalue weighted by Crippen LogP contribution is 2.28. The molecule has 0 aliphatic carbocycles. The number of hydrogen-bond donors (Lipinski definition) is 1. The summed E-state index contributed by atoms with van der Waals surface area (Å²) >= 11 is 0. The van der Waals surface area contributed by atoms with Crippen molar-refractivity contribution in [2.24, 2.45) is 0 Å². The molecule has 188 valence electrons. The van der Waals surface area contributed by atoms with Crippen LogP contribution in [0.15, 0.2) is 42.5 Å². The molecule has 4 heterocycles. The molecule has 3 aromatic heterocycles. The molecule has 0 fully saturated rings. The second-order valence-corrected chi connectivity index (χ2v) is 9.99. The molecule has 6 rings (SSSR count). The maximum atomic E-state index is 13.1. The minimum absolute atomic E-state index is 0.0233. The van der Waals surface area contributed by atoms with Crippen molar-refractivity contribution in [3.8, 4) is 11.4 Å². The highest BCUT2D eigenvalue weighted by atomic mass is 16.1. The van der Waals surface area contributed by atoms with Gasteiger partial charge in [-0.15, -0.1) is 10.2 Å². The Balaban J connectivity index is 1.21. The molecule has 0 spiro atoms. The number of nitrogens with zero attached hydrogens (tertiary/aromatic N) is 6. The van der Waals surface area contributed by atoms with Crippen molar-refractivity contribution in [2.75, 3.05) is 5.32 Å². The summed E-state index contributed by atoms with van der Waals surface area (Å²) in [5.41, 5.74) is 7.62. The first kappa shape index (κ1) is 23.3. The number of aryl methyl sites for hydroxylation is 4. The minimum Gasteiger partial charge on any atom is -0.326 e. The van der Waals surface area contributed by atoms with Crippen molar-refractivity contribution in [3.63, 3.8) is 0 Å². The topological polar surface area (TPSA) is 90.0 Å². The van der Waals surface area contributed by atoms with E-state index in [1.54, 1.807) is 0 Å². The predicted octanol–water partition coefficient (Wildman–Crippen LogP) is 5.36. The van der Waals surface area contributed by atoms with Gasteiger partial charge >= 0.3 is 0 Å². The first-order chi connectivity index (χ1) is 18.0. The Labute approximate surface area is 215 Å². The number of nitrogens with one attached hydrogen (secondary N) is 1. The smallest absolute Gasteiger partial charge is 0.224 e. The van der Waals surface area contributed by atoms with Gasteiger partial charge < -0.3 is 9.88 Å². The Kier molecular flexibility index (Phi) is 5.94. The number of anilines is 1. The monoisotopic (exact) mass is 493 g/mol. The van der Waals surface area contributed by atoms with Gasteiger partial charge in [-0.05, 0) is 69.4 Å². The van der Waals surface area contributed by atoms with Crippen LogP contribution in [-0.2, 0) is 24.2 Å². The second-order valence-electron chi connectivity index (χ2n) is 9.99. The van der Waals surface area contributed by atoms with Crippen LogP contribution in [0.2, 0.25) is 0 Å². The summed E-state index contributed by atoms with van der Waals surface area (Å²) in [5.74, 6) is 1.91. The summed E-state index contributed by atoms with van der Waals surface area (Å²) in [6, 6.07) is 14.2. The van der Waals surface area contributed by atoms with Crippen LogP contribution in [0.3, 0.4) is 0 Å². The highest BCUT2D eigenvalue weighted by Gasteiger charge is 2.18. The minimum atomic E-state index is -0.0233. The van der Waals surface area contributed by atoms with Crippen LogP contribution in [0.1, 0.15) is 54.0 Å². The lowest BCUT2D eigenvalue weighted by Gasteiger charge is -2.13. The Morgan fingerprint density at radius 2 is 1.89 bits per heavy atom. The zero-order chi connectivity index (χ0) is 25.5. The lowest BCUT2D eigenvalue weighted by atomic mass is 10.1. The van der Waals surface area contributed by atoms with Crippen molar-refractivity contribution in [1.82, 2.24) is 29.4 Å². The molecule has 0 unspecified atom stereocenters. The van der Waals surface area contributed by atoms with Gasteiger partial charge in [0.2, 0.25) is 5.91 Å². The molecule has 8 nitrogen and oxygen atoms in total. The third-order valence-electron chi connectivity index (χ3n) is 7.50. The van der Waals surface area contributed by atoms with Crippen molar-refractivity contribution < 1.29 is 4.79 Å². The number of rotatable bonds is 5. The van der Waals surface area contributed by atoms with Crippen molar-refractivity contribution >= 4 is 28.1 Å². The molecule has 1 N–H and O–H groups in total. The summed E-state index contributed by atoms with van der Waals surface area (Å²) in [5, 5.41) is 17.8. The molecular weight excluding hydrogens is 462 g/mol. The summed E-state index contributed by atoms with van der Waals surface area (Å²) in [7, 11) is 0. The van der Waals surface area contributed by atoms with E-state index < -0.39 is 0 Å². The largest absolute Gasteiger partial charge is 0.326 e. The van der Waals surface area contributed by atoms with E-state index in [1.165, 1.54) is 6.42 Å². The third kappa shape index (κ3) is 4.26. The number of benzene rings is 2. The molecule has 2 aromatic carbocycles. The van der Waals surface area contributed by atoms with Crippen LogP contribution >= 0.6 is 0 Å². The molecule has 0 radical (unpaired) electrons. The van der Waals surface area contributed by atoms with E-state index in [-0.39, 0.29) is 5.91 Å². The van der Waals surface area contributed by atoms with E-state index in [9.17, 15) is 4.79 Å². The van der Waals surface area contributed by atoms with E-state index in [1.807, 2.05) is 54.8 Å². The Morgan fingerprint density at radius 1 is 1.03 bits per heavy atom. The second kappa shape index (κ2) is 9.42. The molecule has 1 aliphatic rings. The van der Waals surface area contributed by atoms with E-state index in [2.05, 4.69) is 33.1 Å². The lowest BCUT2D eigenvalue weighted by molar-refractivity contribution is -0.116. The molecule has 0 saturated heterocycles. The van der Waals surface area contributed by atoms with Crippen molar-refractivity contribution in [3.05, 3.63) is 70.8 Å². The molecule has 8 heteroatoms. The normalized spacial score (nSPS) is 13.6. The first-order valence-electron chi connectivity index (χ1n) is 13.1. The average molecular weight is 494 g/mol. The number of carbonyl (C=O) groups excluding carboxylic acids is 1. The Bertz CT molecular complexity index is 1650. The summed E-state index contributed by atoms with van der Waals surface area (Å²) < 4.78 is 4.14. The van der Waals surface area contributed by atoms with Crippen molar-refractivity contribution in [1.29, 1.82) is 0 Å². The quantitative estimate of drug-likeness (QED) is 0.356. The zero-order valence-corrected chi connectivity index (χ0v) is 21.6. The van der Waals surface area contributed by atoms with Crippen LogP contribution in [0.4, 0.5) is 5.69 Å². The zero-order valence-electron chi connectivity index (χ0n) is 21.6. The number of carbonyl (C=O) groups is 1. The summed E-state index contributed by atoms with van der Waals surface area (Å²) in [6.45, 7) is 7.02. The maximum Gasteiger partial charge on any atom is 0.224 e. The number of aromatic nitrogens is 6. The summed E-state index contributed by atoms with van der Waals surface area (Å²) in [6.07, 6.45) is 5.44. The van der Waals surface area contributed by atoms with E-state index in [4.69, 9.17) is 10.1 Å². The predicted molar refractivity (Wildman–Crippen MR) is 145 cm³/mol. The van der Waals surface area contributed by atoms with Gasteiger partial charge in [0.1, 0.15) is 5.82 Å². The molecular formula is C29H31N7O. The van der Waals surface area contributed by atoms with Crippen molar-refractivity contribution in [2.45, 2.75) is 65.8 Å². The molecule has 1 amide bonds. The van der Waals surface area contributed by atoms with Gasteiger partial charge in [-0.3, -0.25) is 4.79 Å². The molecule has 37 heavy (non-hydrogen) atoms. The molecule has 0 saturated carbocycles. The van der Waals surface area contributed by atoms with E-state index in [0.29, 0.717) is 12.8 Å². The van der Waals surface area contributed by atoms with Crippen LogP contribution in [0, 0.1) is 20.8 Å². The van der Waals surface area contributed by atoms with Gasteiger partial charge in [-0.25, -0.2) is 9.50 Å². The van der Waals surface area contributed by atoms with Gasteiger partial charge in [0.05, 0.1) is 5.52 Å². The van der Waals surface area contributed by atoms with E-state index in [0.717, 1.165) is 87.8 Å². The average Bonchev–Trinajstić information content (AvgIpc) is 3.38. The number of fused-ring (bicyclic) bond motifs is 4.